The highest BCUT2D eigenvalue weighted by molar-refractivity contribution is 6.04. The summed E-state index contributed by atoms with van der Waals surface area (Å²) in [7, 11) is 0. The maximum Gasteiger partial charge on any atom is 0.255 e. The number of aryl methyl sites for hydroxylation is 1. The Bertz CT molecular complexity index is 665. The molecule has 0 spiro atoms. The lowest BCUT2D eigenvalue weighted by Crippen LogP contribution is -2.13. The highest BCUT2D eigenvalue weighted by Crippen LogP contribution is 2.22. The molecular formula is C20H25NO3. The molecule has 2 aromatic carbocycles. The molecule has 1 amide bonds. The van der Waals surface area contributed by atoms with E-state index >= 15 is 0 Å². The Kier molecular flexibility index (Phi) is 6.82. The molecule has 24 heavy (non-hydrogen) atoms. The fourth-order valence-electron chi connectivity index (χ4n) is 2.30. The van der Waals surface area contributed by atoms with Crippen molar-refractivity contribution >= 4 is 11.6 Å². The molecule has 0 heterocycles. The molecule has 2 rings (SSSR count). The van der Waals surface area contributed by atoms with E-state index in [1.165, 1.54) is 0 Å². The molecule has 0 fully saturated rings. The smallest absolute Gasteiger partial charge is 0.255 e. The number of hydrogen-bond donors (Lipinski definition) is 1. The number of carbonyl (C=O) groups excluding carboxylic acids is 1. The van der Waals surface area contributed by atoms with E-state index in [-0.39, 0.29) is 5.91 Å². The molecule has 0 atom stereocenters. The van der Waals surface area contributed by atoms with Gasteiger partial charge in [-0.05, 0) is 50.6 Å². The first-order valence-electron chi connectivity index (χ1n) is 8.35. The summed E-state index contributed by atoms with van der Waals surface area (Å²) < 4.78 is 11.2. The molecule has 0 radical (unpaired) electrons. The van der Waals surface area contributed by atoms with Crippen LogP contribution in [0.25, 0.3) is 0 Å². The van der Waals surface area contributed by atoms with E-state index in [4.69, 9.17) is 9.47 Å². The molecule has 2 aromatic rings. The van der Waals surface area contributed by atoms with Gasteiger partial charge >= 0.3 is 0 Å². The first-order valence-corrected chi connectivity index (χ1v) is 8.35. The number of benzene rings is 2. The van der Waals surface area contributed by atoms with Crippen LogP contribution < -0.4 is 10.1 Å². The fraction of sp³-hybridized carbons (Fsp3) is 0.350. The number of nitrogens with one attached hydrogen (secondary N) is 1. The van der Waals surface area contributed by atoms with Crippen LogP contribution in [0.5, 0.6) is 5.75 Å². The lowest BCUT2D eigenvalue weighted by molar-refractivity contribution is 0.102. The molecule has 128 valence electrons. The van der Waals surface area contributed by atoms with E-state index in [1.54, 1.807) is 6.07 Å². The zero-order valence-corrected chi connectivity index (χ0v) is 14.6. The lowest BCUT2D eigenvalue weighted by Gasteiger charge is -2.13. The minimum Gasteiger partial charge on any atom is -0.494 e. The summed E-state index contributed by atoms with van der Waals surface area (Å²) in [6.45, 7) is 7.72. The van der Waals surface area contributed by atoms with Crippen molar-refractivity contribution in [2.24, 2.45) is 0 Å². The first kappa shape index (κ1) is 18.0. The summed E-state index contributed by atoms with van der Waals surface area (Å²) in [5, 5.41) is 2.91. The predicted octanol–water partition coefficient (Wildman–Crippen LogP) is 4.57. The predicted molar refractivity (Wildman–Crippen MR) is 96.7 cm³/mol. The van der Waals surface area contributed by atoms with Crippen LogP contribution in [0, 0.1) is 6.92 Å². The van der Waals surface area contributed by atoms with Crippen LogP contribution in [-0.4, -0.2) is 19.1 Å². The second-order valence-electron chi connectivity index (χ2n) is 5.63. The molecule has 0 aliphatic heterocycles. The van der Waals surface area contributed by atoms with Gasteiger partial charge in [-0.15, -0.1) is 0 Å². The van der Waals surface area contributed by atoms with Crippen LogP contribution in [0.4, 0.5) is 5.69 Å². The van der Waals surface area contributed by atoms with Gasteiger partial charge in [0.25, 0.3) is 5.91 Å². The van der Waals surface area contributed by atoms with Crippen molar-refractivity contribution in [3.63, 3.8) is 0 Å². The molecule has 0 aliphatic rings. The molecule has 0 aliphatic carbocycles. The lowest BCUT2D eigenvalue weighted by atomic mass is 10.1. The number of anilines is 1. The maximum atomic E-state index is 12.5. The summed E-state index contributed by atoms with van der Waals surface area (Å²) in [6, 6.07) is 13.2. The molecular weight excluding hydrogens is 302 g/mol. The zero-order chi connectivity index (χ0) is 17.4. The minimum absolute atomic E-state index is 0.140. The summed E-state index contributed by atoms with van der Waals surface area (Å²) in [5.41, 5.74) is 3.42. The molecule has 4 nitrogen and oxygen atoms in total. The number of ether oxygens (including phenoxy) is 2. The van der Waals surface area contributed by atoms with Crippen molar-refractivity contribution in [1.29, 1.82) is 0 Å². The fourth-order valence-corrected chi connectivity index (χ4v) is 2.30. The zero-order valence-electron chi connectivity index (χ0n) is 14.6. The average molecular weight is 327 g/mol. The molecule has 4 heteroatoms. The average Bonchev–Trinajstić information content (AvgIpc) is 2.58. The monoisotopic (exact) mass is 327 g/mol. The van der Waals surface area contributed by atoms with Gasteiger partial charge in [-0.2, -0.15) is 0 Å². The topological polar surface area (TPSA) is 47.6 Å². The number of rotatable bonds is 8. The minimum atomic E-state index is -0.140. The third-order valence-corrected chi connectivity index (χ3v) is 3.54. The van der Waals surface area contributed by atoms with E-state index in [2.05, 4.69) is 12.2 Å². The Hall–Kier alpha value is -2.33. The SMILES string of the molecule is CCCOCc1cc(C(=O)Nc2ccc(C)cc2)ccc1OCC. The van der Waals surface area contributed by atoms with Crippen LogP contribution in [-0.2, 0) is 11.3 Å². The van der Waals surface area contributed by atoms with E-state index in [0.29, 0.717) is 25.4 Å². The van der Waals surface area contributed by atoms with Crippen molar-refractivity contribution in [3.05, 3.63) is 59.2 Å². The third-order valence-electron chi connectivity index (χ3n) is 3.54. The van der Waals surface area contributed by atoms with E-state index < -0.39 is 0 Å². The van der Waals surface area contributed by atoms with Crippen LogP contribution in [0.3, 0.4) is 0 Å². The number of amides is 1. The van der Waals surface area contributed by atoms with Gasteiger partial charge in [0.2, 0.25) is 0 Å². The van der Waals surface area contributed by atoms with Gasteiger partial charge in [-0.1, -0.05) is 24.6 Å². The normalized spacial score (nSPS) is 10.5. The molecule has 0 aromatic heterocycles. The van der Waals surface area contributed by atoms with Gasteiger partial charge in [0.1, 0.15) is 5.75 Å². The second-order valence-corrected chi connectivity index (χ2v) is 5.63. The Balaban J connectivity index is 2.14. The maximum absolute atomic E-state index is 12.5. The van der Waals surface area contributed by atoms with Gasteiger partial charge in [0, 0.05) is 23.4 Å². The van der Waals surface area contributed by atoms with Crippen LogP contribution in [0.1, 0.15) is 41.8 Å². The molecule has 0 saturated carbocycles. The Morgan fingerprint density at radius 1 is 1.08 bits per heavy atom. The highest BCUT2D eigenvalue weighted by atomic mass is 16.5. The largest absolute Gasteiger partial charge is 0.494 e. The molecule has 1 N–H and O–H groups in total. The summed E-state index contributed by atoms with van der Waals surface area (Å²) in [4.78, 5) is 12.5. The van der Waals surface area contributed by atoms with Crippen molar-refractivity contribution in [3.8, 4) is 5.75 Å². The van der Waals surface area contributed by atoms with Gasteiger partial charge < -0.3 is 14.8 Å². The van der Waals surface area contributed by atoms with E-state index in [9.17, 15) is 4.79 Å². The molecule has 0 bridgehead atoms. The Morgan fingerprint density at radius 3 is 2.50 bits per heavy atom. The van der Waals surface area contributed by atoms with Crippen LogP contribution in [0.2, 0.25) is 0 Å². The summed E-state index contributed by atoms with van der Waals surface area (Å²) in [5.74, 6) is 0.624. The van der Waals surface area contributed by atoms with Gasteiger partial charge in [-0.25, -0.2) is 0 Å². The Morgan fingerprint density at radius 2 is 1.83 bits per heavy atom. The van der Waals surface area contributed by atoms with Gasteiger partial charge in [-0.3, -0.25) is 4.79 Å². The summed E-state index contributed by atoms with van der Waals surface area (Å²) in [6.07, 6.45) is 0.956. The van der Waals surface area contributed by atoms with Gasteiger partial charge in [0.05, 0.1) is 13.2 Å². The van der Waals surface area contributed by atoms with Crippen molar-refractivity contribution < 1.29 is 14.3 Å². The standard InChI is InChI=1S/C20H25NO3/c1-4-12-23-14-17-13-16(8-11-19(17)24-5-2)20(22)21-18-9-6-15(3)7-10-18/h6-11,13H,4-5,12,14H2,1-3H3,(H,21,22). The molecule has 0 saturated heterocycles. The van der Waals surface area contributed by atoms with Crippen LogP contribution >= 0.6 is 0 Å². The van der Waals surface area contributed by atoms with E-state index in [0.717, 1.165) is 29.0 Å². The Labute approximate surface area is 143 Å². The summed E-state index contributed by atoms with van der Waals surface area (Å²) >= 11 is 0. The molecule has 0 unspecified atom stereocenters. The van der Waals surface area contributed by atoms with Crippen LogP contribution in [0.15, 0.2) is 42.5 Å². The first-order chi connectivity index (χ1) is 11.6. The van der Waals surface area contributed by atoms with Crippen molar-refractivity contribution in [2.45, 2.75) is 33.8 Å². The highest BCUT2D eigenvalue weighted by Gasteiger charge is 2.11. The number of carbonyl (C=O) groups is 1. The number of hydrogen-bond acceptors (Lipinski definition) is 3. The quantitative estimate of drug-likeness (QED) is 0.722. The van der Waals surface area contributed by atoms with Crippen molar-refractivity contribution in [1.82, 2.24) is 0 Å². The van der Waals surface area contributed by atoms with E-state index in [1.807, 2.05) is 50.2 Å². The van der Waals surface area contributed by atoms with Crippen molar-refractivity contribution in [2.75, 3.05) is 18.5 Å². The third kappa shape index (κ3) is 5.10. The van der Waals surface area contributed by atoms with Gasteiger partial charge in [0.15, 0.2) is 0 Å². The second kappa shape index (κ2) is 9.08.